The number of aryl methyl sites for hydroxylation is 1. The van der Waals surface area contributed by atoms with Gasteiger partial charge in [-0.05, 0) is 62.9 Å². The molecule has 1 aromatic rings. The predicted molar refractivity (Wildman–Crippen MR) is 88.4 cm³/mol. The Kier molecular flexibility index (Phi) is 6.19. The molecule has 20 heavy (non-hydrogen) atoms. The summed E-state index contributed by atoms with van der Waals surface area (Å²) in [6, 6.07) is 6.62. The van der Waals surface area contributed by atoms with E-state index in [0.29, 0.717) is 0 Å². The van der Waals surface area contributed by atoms with Crippen molar-refractivity contribution in [3.05, 3.63) is 23.8 Å². The van der Waals surface area contributed by atoms with Crippen molar-refractivity contribution in [3.63, 3.8) is 0 Å². The van der Waals surface area contributed by atoms with Crippen LogP contribution < -0.4 is 16.0 Å². The Hall–Kier alpha value is -1.22. The molecule has 0 spiro atoms. The van der Waals surface area contributed by atoms with Gasteiger partial charge >= 0.3 is 0 Å². The highest BCUT2D eigenvalue weighted by Crippen LogP contribution is 2.27. The minimum absolute atomic E-state index is 0.948. The smallest absolute Gasteiger partial charge is 0.0600 e. The zero-order chi connectivity index (χ0) is 14.2. The summed E-state index contributed by atoms with van der Waals surface area (Å²) in [5.41, 5.74) is 9.75. The molecule has 0 amide bonds. The maximum Gasteiger partial charge on any atom is 0.0600 e. The number of benzene rings is 1. The van der Waals surface area contributed by atoms with Gasteiger partial charge < -0.3 is 16.0 Å². The Labute approximate surface area is 123 Å². The molecule has 1 saturated heterocycles. The second-order valence-corrected chi connectivity index (χ2v) is 5.79. The van der Waals surface area contributed by atoms with Crippen molar-refractivity contribution in [1.29, 1.82) is 0 Å². The predicted octanol–water partition coefficient (Wildman–Crippen LogP) is 3.19. The highest BCUT2D eigenvalue weighted by Gasteiger charge is 2.14. The summed E-state index contributed by atoms with van der Waals surface area (Å²) in [5.74, 6) is 0. The minimum atomic E-state index is 0.948. The lowest BCUT2D eigenvalue weighted by Gasteiger charge is -2.20. The number of unbranched alkanes of at least 4 members (excludes halogenated alkanes) is 1. The number of anilines is 2. The van der Waals surface area contributed by atoms with Crippen LogP contribution in [0.25, 0.3) is 0 Å². The summed E-state index contributed by atoms with van der Waals surface area (Å²) in [6.07, 6.45) is 7.43. The molecule has 1 fully saturated rings. The number of hydrogen-bond donors (Lipinski definition) is 2. The second kappa shape index (κ2) is 8.15. The van der Waals surface area contributed by atoms with E-state index < -0.39 is 0 Å². The van der Waals surface area contributed by atoms with Crippen LogP contribution in [0.15, 0.2) is 18.2 Å². The van der Waals surface area contributed by atoms with Crippen molar-refractivity contribution in [1.82, 2.24) is 5.32 Å². The molecule has 0 bridgehead atoms. The molecule has 0 atom stereocenters. The number of nitrogen functional groups attached to an aromatic ring is 1. The van der Waals surface area contributed by atoms with Crippen LogP contribution in [0.1, 0.15) is 44.6 Å². The molecule has 3 heteroatoms. The third kappa shape index (κ3) is 4.41. The van der Waals surface area contributed by atoms with Crippen LogP contribution >= 0.6 is 0 Å². The normalized spacial score (nSPS) is 14.9. The van der Waals surface area contributed by atoms with Crippen LogP contribution in [0.4, 0.5) is 11.4 Å². The molecule has 1 aromatic carbocycles. The molecular weight excluding hydrogens is 246 g/mol. The maximum absolute atomic E-state index is 6.21. The van der Waals surface area contributed by atoms with E-state index in [1.807, 2.05) is 0 Å². The Morgan fingerprint density at radius 2 is 1.90 bits per heavy atom. The minimum Gasteiger partial charge on any atom is -0.397 e. The summed E-state index contributed by atoms with van der Waals surface area (Å²) in [6.45, 7) is 6.79. The lowest BCUT2D eigenvalue weighted by Crippen LogP contribution is -2.19. The number of hydrogen-bond acceptors (Lipinski definition) is 3. The summed E-state index contributed by atoms with van der Waals surface area (Å²) in [7, 11) is 0. The molecule has 0 aromatic heterocycles. The van der Waals surface area contributed by atoms with Gasteiger partial charge in [-0.3, -0.25) is 0 Å². The molecule has 0 aliphatic carbocycles. The molecule has 3 N–H and O–H groups in total. The van der Waals surface area contributed by atoms with Crippen LogP contribution in [0, 0.1) is 0 Å². The standard InChI is InChI=1S/C17H29N3/c1-2-3-10-19-11-6-7-15-8-9-17(16(18)14-15)20-12-4-5-13-20/h8-9,14,19H,2-7,10-13,18H2,1H3. The average molecular weight is 275 g/mol. The van der Waals surface area contributed by atoms with E-state index >= 15 is 0 Å². The second-order valence-electron chi connectivity index (χ2n) is 5.79. The van der Waals surface area contributed by atoms with Gasteiger partial charge in [0.25, 0.3) is 0 Å². The van der Waals surface area contributed by atoms with E-state index in [2.05, 4.69) is 35.3 Å². The third-order valence-electron chi connectivity index (χ3n) is 4.06. The fourth-order valence-electron chi connectivity index (χ4n) is 2.85. The van der Waals surface area contributed by atoms with E-state index in [9.17, 15) is 0 Å². The zero-order valence-electron chi connectivity index (χ0n) is 12.8. The van der Waals surface area contributed by atoms with Crippen molar-refractivity contribution in [2.24, 2.45) is 0 Å². The summed E-state index contributed by atoms with van der Waals surface area (Å²) < 4.78 is 0. The molecular formula is C17H29N3. The van der Waals surface area contributed by atoms with Gasteiger partial charge in [0, 0.05) is 13.1 Å². The fraction of sp³-hybridized carbons (Fsp3) is 0.647. The highest BCUT2D eigenvalue weighted by molar-refractivity contribution is 5.68. The van der Waals surface area contributed by atoms with E-state index in [0.717, 1.165) is 38.3 Å². The molecule has 112 valence electrons. The van der Waals surface area contributed by atoms with Crippen molar-refractivity contribution >= 4 is 11.4 Å². The maximum atomic E-state index is 6.21. The Morgan fingerprint density at radius 1 is 1.15 bits per heavy atom. The number of nitrogens with two attached hydrogens (primary N) is 1. The van der Waals surface area contributed by atoms with Gasteiger partial charge in [-0.15, -0.1) is 0 Å². The summed E-state index contributed by atoms with van der Waals surface area (Å²) in [4.78, 5) is 2.41. The van der Waals surface area contributed by atoms with Crippen molar-refractivity contribution in [3.8, 4) is 0 Å². The van der Waals surface area contributed by atoms with Crippen LogP contribution in [0.5, 0.6) is 0 Å². The third-order valence-corrected chi connectivity index (χ3v) is 4.06. The van der Waals surface area contributed by atoms with Gasteiger partial charge in [0.1, 0.15) is 0 Å². The first-order chi connectivity index (χ1) is 9.81. The first-order valence-electron chi connectivity index (χ1n) is 8.15. The number of nitrogens with zero attached hydrogens (tertiary/aromatic N) is 1. The van der Waals surface area contributed by atoms with E-state index in [1.54, 1.807) is 0 Å². The van der Waals surface area contributed by atoms with E-state index in [-0.39, 0.29) is 0 Å². The Morgan fingerprint density at radius 3 is 2.60 bits per heavy atom. The van der Waals surface area contributed by atoms with Gasteiger partial charge in [0.2, 0.25) is 0 Å². The summed E-state index contributed by atoms with van der Waals surface area (Å²) in [5, 5.41) is 3.49. The lowest BCUT2D eigenvalue weighted by molar-refractivity contribution is 0.617. The zero-order valence-corrected chi connectivity index (χ0v) is 12.8. The monoisotopic (exact) mass is 275 g/mol. The lowest BCUT2D eigenvalue weighted by atomic mass is 10.1. The topological polar surface area (TPSA) is 41.3 Å². The van der Waals surface area contributed by atoms with E-state index in [1.165, 1.54) is 43.4 Å². The Bertz CT molecular complexity index is 397. The molecule has 1 aliphatic rings. The average Bonchev–Trinajstić information content (AvgIpc) is 2.97. The summed E-state index contributed by atoms with van der Waals surface area (Å²) >= 11 is 0. The first kappa shape index (κ1) is 15.2. The highest BCUT2D eigenvalue weighted by atomic mass is 15.1. The van der Waals surface area contributed by atoms with E-state index in [4.69, 9.17) is 5.73 Å². The fourth-order valence-corrected chi connectivity index (χ4v) is 2.85. The van der Waals surface area contributed by atoms with Crippen LogP contribution in [-0.4, -0.2) is 26.2 Å². The quantitative estimate of drug-likeness (QED) is 0.565. The molecule has 2 rings (SSSR count). The van der Waals surface area contributed by atoms with Crippen LogP contribution in [0.3, 0.4) is 0 Å². The van der Waals surface area contributed by atoms with Gasteiger partial charge in [-0.1, -0.05) is 19.4 Å². The van der Waals surface area contributed by atoms with Crippen molar-refractivity contribution in [2.45, 2.75) is 45.4 Å². The number of rotatable bonds is 8. The SMILES string of the molecule is CCCCNCCCc1ccc(N2CCCC2)c(N)c1. The van der Waals surface area contributed by atoms with Gasteiger partial charge in [0.05, 0.1) is 11.4 Å². The molecule has 3 nitrogen and oxygen atoms in total. The van der Waals surface area contributed by atoms with Gasteiger partial charge in [-0.2, -0.15) is 0 Å². The largest absolute Gasteiger partial charge is 0.397 e. The molecule has 0 unspecified atom stereocenters. The number of nitrogens with one attached hydrogen (secondary N) is 1. The van der Waals surface area contributed by atoms with Gasteiger partial charge in [0.15, 0.2) is 0 Å². The van der Waals surface area contributed by atoms with Crippen LogP contribution in [-0.2, 0) is 6.42 Å². The van der Waals surface area contributed by atoms with Crippen molar-refractivity contribution in [2.75, 3.05) is 36.8 Å². The van der Waals surface area contributed by atoms with Crippen molar-refractivity contribution < 1.29 is 0 Å². The van der Waals surface area contributed by atoms with Gasteiger partial charge in [-0.25, -0.2) is 0 Å². The first-order valence-corrected chi connectivity index (χ1v) is 8.15. The van der Waals surface area contributed by atoms with Crippen LogP contribution in [0.2, 0.25) is 0 Å². The molecule has 1 aliphatic heterocycles. The Balaban J connectivity index is 1.77. The molecule has 0 radical (unpaired) electrons. The molecule has 0 saturated carbocycles. The molecule has 1 heterocycles.